The lowest BCUT2D eigenvalue weighted by Crippen LogP contribution is -2.27. The third kappa shape index (κ3) is 8.11. The Labute approximate surface area is 165 Å². The number of aromatic nitrogens is 1. The van der Waals surface area contributed by atoms with E-state index in [1.807, 2.05) is 24.4 Å². The van der Waals surface area contributed by atoms with E-state index in [1.165, 1.54) is 6.42 Å². The molecule has 0 aliphatic carbocycles. The largest absolute Gasteiger partial charge is 0.497 e. The first-order valence-corrected chi connectivity index (χ1v) is 9.35. The van der Waals surface area contributed by atoms with Gasteiger partial charge in [-0.15, -0.1) is 0 Å². The molecule has 0 aliphatic rings. The lowest BCUT2D eigenvalue weighted by molar-refractivity contribution is -0.140. The van der Waals surface area contributed by atoms with Gasteiger partial charge in [-0.05, 0) is 24.6 Å². The summed E-state index contributed by atoms with van der Waals surface area (Å²) in [7, 11) is 1.65. The maximum absolute atomic E-state index is 9.70. The smallest absolute Gasteiger partial charge is 0.305 e. The molecule has 28 heavy (non-hydrogen) atoms. The Morgan fingerprint density at radius 2 is 2.11 bits per heavy atom. The maximum atomic E-state index is 9.70. The molecule has 0 saturated carbocycles. The number of unbranched alkanes of at least 4 members (excludes halogenated alkanes) is 2. The van der Waals surface area contributed by atoms with E-state index in [0.29, 0.717) is 5.96 Å². The zero-order valence-electron chi connectivity index (χ0n) is 17.0. The maximum Gasteiger partial charge on any atom is 0.305 e. The number of ether oxygens (including phenoxy) is 1. The van der Waals surface area contributed by atoms with Gasteiger partial charge in [0.2, 0.25) is 5.96 Å². The van der Waals surface area contributed by atoms with Gasteiger partial charge in [0.25, 0.3) is 0 Å². The van der Waals surface area contributed by atoms with Gasteiger partial charge in [0.05, 0.1) is 19.2 Å². The molecule has 0 aliphatic heterocycles. The molecule has 0 fully saturated rings. The lowest BCUT2D eigenvalue weighted by atomic mass is 10.2. The first-order chi connectivity index (χ1) is 13.4. The van der Waals surface area contributed by atoms with E-state index in [-0.39, 0.29) is 5.92 Å². The highest BCUT2D eigenvalue weighted by atomic mass is 16.5. The Balaban J connectivity index is 0.000000568. The Hall–Kier alpha value is -3.03. The lowest BCUT2D eigenvalue weighted by Gasteiger charge is -2.00. The minimum absolute atomic E-state index is 0.231. The SMILES string of the molecule is CC(C)C(=O)O.CCCCCN=C(N)N/N=C/c1c[nH]c2ccc(OC)cc12. The average Bonchev–Trinajstić information content (AvgIpc) is 3.08. The van der Waals surface area contributed by atoms with Crippen molar-refractivity contribution in [2.24, 2.45) is 21.7 Å². The predicted octanol–water partition coefficient (Wildman–Crippen LogP) is 3.33. The molecule has 154 valence electrons. The molecule has 0 atom stereocenters. The van der Waals surface area contributed by atoms with Gasteiger partial charge in [-0.2, -0.15) is 5.10 Å². The first-order valence-electron chi connectivity index (χ1n) is 9.35. The van der Waals surface area contributed by atoms with Crippen molar-refractivity contribution < 1.29 is 14.6 Å². The summed E-state index contributed by atoms with van der Waals surface area (Å²) in [4.78, 5) is 17.1. The number of carboxylic acid groups (broad SMARTS) is 1. The highest BCUT2D eigenvalue weighted by Gasteiger charge is 2.03. The number of aliphatic carboxylic acids is 1. The zero-order chi connectivity index (χ0) is 20.9. The summed E-state index contributed by atoms with van der Waals surface area (Å²) >= 11 is 0. The number of fused-ring (bicyclic) bond motifs is 1. The molecule has 8 heteroatoms. The monoisotopic (exact) mass is 389 g/mol. The van der Waals surface area contributed by atoms with Crippen LogP contribution >= 0.6 is 0 Å². The minimum atomic E-state index is -0.741. The van der Waals surface area contributed by atoms with Crippen LogP contribution in [0.1, 0.15) is 45.6 Å². The number of carbonyl (C=O) groups is 1. The van der Waals surface area contributed by atoms with Crippen LogP contribution in [0, 0.1) is 5.92 Å². The van der Waals surface area contributed by atoms with Gasteiger partial charge in [-0.1, -0.05) is 33.6 Å². The predicted molar refractivity (Wildman–Crippen MR) is 114 cm³/mol. The number of methoxy groups -OCH3 is 1. The summed E-state index contributed by atoms with van der Waals surface area (Å²) in [6, 6.07) is 5.86. The van der Waals surface area contributed by atoms with E-state index in [2.05, 4.69) is 27.4 Å². The number of nitrogens with one attached hydrogen (secondary N) is 2. The Morgan fingerprint density at radius 3 is 2.71 bits per heavy atom. The van der Waals surface area contributed by atoms with Crippen LogP contribution in [0.2, 0.25) is 0 Å². The molecular formula is C20H31N5O3. The molecule has 0 bridgehead atoms. The normalized spacial score (nSPS) is 11.5. The van der Waals surface area contributed by atoms with Crippen LogP contribution in [-0.4, -0.2) is 41.9 Å². The van der Waals surface area contributed by atoms with Crippen LogP contribution in [0.4, 0.5) is 0 Å². The number of carboxylic acids is 1. The number of nitrogens with zero attached hydrogens (tertiary/aromatic N) is 2. The molecule has 2 aromatic rings. The molecule has 0 amide bonds. The number of benzene rings is 1. The van der Waals surface area contributed by atoms with Crippen molar-refractivity contribution >= 4 is 29.0 Å². The summed E-state index contributed by atoms with van der Waals surface area (Å²) in [6.45, 7) is 6.17. The van der Waals surface area contributed by atoms with Crippen molar-refractivity contribution in [3.63, 3.8) is 0 Å². The fourth-order valence-electron chi connectivity index (χ4n) is 2.12. The molecule has 5 N–H and O–H groups in total. The Kier molecular flexibility index (Phi) is 10.2. The molecule has 0 saturated heterocycles. The van der Waals surface area contributed by atoms with Gasteiger partial charge < -0.3 is 20.6 Å². The average molecular weight is 390 g/mol. The van der Waals surface area contributed by atoms with Crippen molar-refractivity contribution in [2.75, 3.05) is 13.7 Å². The second-order valence-corrected chi connectivity index (χ2v) is 6.49. The van der Waals surface area contributed by atoms with Gasteiger partial charge in [0, 0.05) is 29.2 Å². The van der Waals surface area contributed by atoms with Gasteiger partial charge in [0.1, 0.15) is 5.75 Å². The van der Waals surface area contributed by atoms with E-state index >= 15 is 0 Å². The van der Waals surface area contributed by atoms with Crippen molar-refractivity contribution in [1.29, 1.82) is 0 Å². The van der Waals surface area contributed by atoms with Gasteiger partial charge in [-0.25, -0.2) is 5.43 Å². The number of hydrogen-bond donors (Lipinski definition) is 4. The fourth-order valence-corrected chi connectivity index (χ4v) is 2.12. The van der Waals surface area contributed by atoms with Gasteiger partial charge >= 0.3 is 5.97 Å². The van der Waals surface area contributed by atoms with Crippen LogP contribution < -0.4 is 15.9 Å². The summed E-state index contributed by atoms with van der Waals surface area (Å²) in [6.07, 6.45) is 6.99. The van der Waals surface area contributed by atoms with Crippen LogP contribution in [0.15, 0.2) is 34.5 Å². The van der Waals surface area contributed by atoms with Crippen LogP contribution in [-0.2, 0) is 4.79 Å². The molecule has 1 heterocycles. The van der Waals surface area contributed by atoms with Crippen molar-refractivity contribution in [3.05, 3.63) is 30.0 Å². The molecule has 0 radical (unpaired) electrons. The summed E-state index contributed by atoms with van der Waals surface area (Å²) in [5.74, 6) is 0.177. The summed E-state index contributed by atoms with van der Waals surface area (Å²) < 4.78 is 5.24. The van der Waals surface area contributed by atoms with Gasteiger partial charge in [0.15, 0.2) is 0 Å². The number of aromatic amines is 1. The van der Waals surface area contributed by atoms with E-state index in [1.54, 1.807) is 27.2 Å². The molecule has 8 nitrogen and oxygen atoms in total. The molecular weight excluding hydrogens is 358 g/mol. The molecule has 0 spiro atoms. The third-order valence-electron chi connectivity index (χ3n) is 3.84. The number of hydrazone groups is 1. The highest BCUT2D eigenvalue weighted by Crippen LogP contribution is 2.22. The molecule has 1 aromatic carbocycles. The van der Waals surface area contributed by atoms with Gasteiger partial charge in [-0.3, -0.25) is 9.79 Å². The molecule has 2 rings (SSSR count). The molecule has 0 unspecified atom stereocenters. The van der Waals surface area contributed by atoms with Crippen LogP contribution in [0.25, 0.3) is 10.9 Å². The second-order valence-electron chi connectivity index (χ2n) is 6.49. The zero-order valence-corrected chi connectivity index (χ0v) is 17.0. The van der Waals surface area contributed by atoms with E-state index < -0.39 is 5.97 Å². The standard InChI is InChI=1S/C16H23N5O.C4H8O2/c1-3-4-5-8-18-16(17)21-20-11-12-10-19-15-7-6-13(22-2)9-14(12)15;1-3(2)4(5)6/h6-7,9-11,19H,3-5,8H2,1-2H3,(H3,17,18,21);3H,1-2H3,(H,5,6)/b20-11+;. The topological polar surface area (TPSA) is 125 Å². The number of nitrogens with two attached hydrogens (primary N) is 1. The second kappa shape index (κ2) is 12.4. The fraction of sp³-hybridized carbons (Fsp3) is 0.450. The van der Waals surface area contributed by atoms with Crippen molar-refractivity contribution in [2.45, 2.75) is 40.0 Å². The quantitative estimate of drug-likeness (QED) is 0.238. The summed E-state index contributed by atoms with van der Waals surface area (Å²) in [5, 5.41) is 13.2. The van der Waals surface area contributed by atoms with Crippen LogP contribution in [0.5, 0.6) is 5.75 Å². The van der Waals surface area contributed by atoms with E-state index in [9.17, 15) is 4.79 Å². The number of H-pyrrole nitrogens is 1. The van der Waals surface area contributed by atoms with E-state index in [0.717, 1.165) is 41.6 Å². The molecule has 1 aromatic heterocycles. The first kappa shape index (κ1) is 23.0. The number of aliphatic imine (C=N–C) groups is 1. The van der Waals surface area contributed by atoms with Crippen molar-refractivity contribution in [1.82, 2.24) is 10.4 Å². The Bertz CT molecular complexity index is 796. The van der Waals surface area contributed by atoms with Crippen LogP contribution in [0.3, 0.4) is 0 Å². The summed E-state index contributed by atoms with van der Waals surface area (Å²) in [5.41, 5.74) is 10.5. The van der Waals surface area contributed by atoms with E-state index in [4.69, 9.17) is 15.6 Å². The Morgan fingerprint density at radius 1 is 1.39 bits per heavy atom. The third-order valence-corrected chi connectivity index (χ3v) is 3.84. The minimum Gasteiger partial charge on any atom is -0.497 e. The number of guanidine groups is 1. The number of rotatable bonds is 8. The number of hydrogen-bond acceptors (Lipinski definition) is 4. The highest BCUT2D eigenvalue weighted by molar-refractivity contribution is 5.99. The van der Waals surface area contributed by atoms with Crippen molar-refractivity contribution in [3.8, 4) is 5.75 Å².